The number of hydrogen-bond acceptors (Lipinski definition) is 0. The smallest absolute Gasteiger partial charge is 0.0158 e. The molecule has 0 heteroatoms. The molecular formula is C17H24. The van der Waals surface area contributed by atoms with E-state index in [9.17, 15) is 0 Å². The molecule has 0 aromatic rings. The molecular weight excluding hydrogens is 204 g/mol. The molecule has 0 bridgehead atoms. The van der Waals surface area contributed by atoms with E-state index >= 15 is 0 Å². The van der Waals surface area contributed by atoms with Crippen LogP contribution in [0.4, 0.5) is 0 Å². The van der Waals surface area contributed by atoms with Crippen molar-refractivity contribution in [2.45, 2.75) is 55.4 Å². The Balaban J connectivity index is 2.74. The van der Waals surface area contributed by atoms with E-state index in [1.165, 1.54) is 33.4 Å². The Kier molecular flexibility index (Phi) is 2.54. The third-order valence-electron chi connectivity index (χ3n) is 5.00. The number of rotatable bonds is 0. The predicted octanol–water partition coefficient (Wildman–Crippen LogP) is 5.35. The normalized spacial score (nSPS) is 24.0. The van der Waals surface area contributed by atoms with E-state index in [1.54, 1.807) is 11.1 Å². The third-order valence-corrected chi connectivity index (χ3v) is 5.00. The van der Waals surface area contributed by atoms with Gasteiger partial charge in [-0.25, -0.2) is 0 Å². The van der Waals surface area contributed by atoms with Crippen molar-refractivity contribution in [3.05, 3.63) is 44.6 Å². The molecule has 0 N–H and O–H groups in total. The zero-order valence-corrected chi connectivity index (χ0v) is 12.5. The van der Waals surface area contributed by atoms with Crippen molar-refractivity contribution in [3.8, 4) is 0 Å². The molecule has 2 aliphatic rings. The molecule has 0 aromatic heterocycles. The Morgan fingerprint density at radius 3 is 1.00 bits per heavy atom. The lowest BCUT2D eigenvalue weighted by molar-refractivity contribution is 0.681. The van der Waals surface area contributed by atoms with E-state index in [2.05, 4.69) is 55.4 Å². The van der Waals surface area contributed by atoms with Gasteiger partial charge in [-0.3, -0.25) is 0 Å². The fourth-order valence-corrected chi connectivity index (χ4v) is 3.28. The van der Waals surface area contributed by atoms with Gasteiger partial charge >= 0.3 is 0 Å². The first-order chi connectivity index (χ1) is 7.71. The molecule has 2 aliphatic carbocycles. The molecule has 0 amide bonds. The van der Waals surface area contributed by atoms with E-state index in [0.29, 0.717) is 5.41 Å². The van der Waals surface area contributed by atoms with Gasteiger partial charge in [0.1, 0.15) is 0 Å². The predicted molar refractivity (Wildman–Crippen MR) is 75.9 cm³/mol. The van der Waals surface area contributed by atoms with Crippen molar-refractivity contribution in [3.63, 3.8) is 0 Å². The molecule has 0 nitrogen and oxygen atoms in total. The summed E-state index contributed by atoms with van der Waals surface area (Å²) in [5, 5.41) is 0. The van der Waals surface area contributed by atoms with E-state index in [0.717, 1.165) is 0 Å². The molecule has 0 fully saturated rings. The minimum atomic E-state index is 0.293. The van der Waals surface area contributed by atoms with Gasteiger partial charge in [-0.2, -0.15) is 0 Å². The van der Waals surface area contributed by atoms with Crippen LogP contribution in [0.1, 0.15) is 55.4 Å². The van der Waals surface area contributed by atoms with E-state index in [1.807, 2.05) is 0 Å². The molecule has 92 valence electrons. The van der Waals surface area contributed by atoms with Crippen LogP contribution in [0.3, 0.4) is 0 Å². The Labute approximate surface area is 106 Å². The summed E-state index contributed by atoms with van der Waals surface area (Å²) in [6, 6.07) is 0. The molecule has 0 atom stereocenters. The van der Waals surface area contributed by atoms with Gasteiger partial charge in [0.05, 0.1) is 0 Å². The van der Waals surface area contributed by atoms with E-state index in [-0.39, 0.29) is 0 Å². The van der Waals surface area contributed by atoms with Crippen LogP contribution in [0.5, 0.6) is 0 Å². The minimum Gasteiger partial charge on any atom is -0.0516 e. The van der Waals surface area contributed by atoms with Crippen LogP contribution in [-0.4, -0.2) is 0 Å². The summed E-state index contributed by atoms with van der Waals surface area (Å²) in [5.41, 5.74) is 12.3. The highest BCUT2D eigenvalue weighted by molar-refractivity contribution is 5.71. The molecule has 2 rings (SSSR count). The molecule has 0 radical (unpaired) electrons. The summed E-state index contributed by atoms with van der Waals surface area (Å²) < 4.78 is 0. The van der Waals surface area contributed by atoms with Gasteiger partial charge in [0.25, 0.3) is 0 Å². The van der Waals surface area contributed by atoms with Gasteiger partial charge in [0, 0.05) is 5.41 Å². The fraction of sp³-hybridized carbons (Fsp3) is 0.529. The van der Waals surface area contributed by atoms with Crippen LogP contribution in [0.2, 0.25) is 0 Å². The van der Waals surface area contributed by atoms with Crippen molar-refractivity contribution in [2.75, 3.05) is 0 Å². The fourth-order valence-electron chi connectivity index (χ4n) is 3.28. The average Bonchev–Trinajstić information content (AvgIpc) is 2.85. The summed E-state index contributed by atoms with van der Waals surface area (Å²) in [4.78, 5) is 0. The summed E-state index contributed by atoms with van der Waals surface area (Å²) in [7, 11) is 0. The van der Waals surface area contributed by atoms with Crippen LogP contribution in [0.15, 0.2) is 44.6 Å². The van der Waals surface area contributed by atoms with Gasteiger partial charge in [0.2, 0.25) is 0 Å². The topological polar surface area (TPSA) is 0 Å². The lowest BCUT2D eigenvalue weighted by Gasteiger charge is -2.15. The Morgan fingerprint density at radius 1 is 0.471 bits per heavy atom. The number of allylic oxidation sites excluding steroid dienone is 8. The van der Waals surface area contributed by atoms with Crippen LogP contribution in [0.25, 0.3) is 0 Å². The maximum atomic E-state index is 2.35. The molecule has 0 spiro atoms. The lowest BCUT2D eigenvalue weighted by atomic mass is 9.91. The van der Waals surface area contributed by atoms with Gasteiger partial charge in [-0.05, 0) is 86.1 Å². The summed E-state index contributed by atoms with van der Waals surface area (Å²) in [6.45, 7) is 18.3. The molecule has 0 heterocycles. The quantitative estimate of drug-likeness (QED) is 0.524. The Hall–Kier alpha value is -1.04. The first-order valence-corrected chi connectivity index (χ1v) is 6.50. The molecule has 0 unspecified atom stereocenters. The van der Waals surface area contributed by atoms with Crippen molar-refractivity contribution in [1.82, 2.24) is 0 Å². The molecule has 0 saturated carbocycles. The standard InChI is InChI=1S/C17H24/c1-9-10(2)12(4)14(6)16-15(17(16,7)8)13(5)11(9)3/h1-8H3. The summed E-state index contributed by atoms with van der Waals surface area (Å²) in [6.07, 6.45) is 0. The molecule has 0 aliphatic heterocycles. The molecule has 0 aromatic carbocycles. The second-order valence-corrected chi connectivity index (χ2v) is 6.12. The second-order valence-electron chi connectivity index (χ2n) is 6.12. The van der Waals surface area contributed by atoms with Gasteiger partial charge in [0.15, 0.2) is 0 Å². The largest absolute Gasteiger partial charge is 0.0516 e. The highest BCUT2D eigenvalue weighted by Crippen LogP contribution is 2.60. The van der Waals surface area contributed by atoms with Gasteiger partial charge in [-0.15, -0.1) is 0 Å². The SMILES string of the molecule is CC1=C(C)C(C)=C(C)C2=C(C(C)=C1C)C2(C)C. The Bertz CT molecular complexity index is 482. The van der Waals surface area contributed by atoms with Crippen LogP contribution >= 0.6 is 0 Å². The Morgan fingerprint density at radius 2 is 0.706 bits per heavy atom. The molecule has 0 saturated heterocycles. The maximum absolute atomic E-state index is 2.35. The van der Waals surface area contributed by atoms with Gasteiger partial charge in [-0.1, -0.05) is 13.8 Å². The van der Waals surface area contributed by atoms with Crippen molar-refractivity contribution < 1.29 is 0 Å². The monoisotopic (exact) mass is 228 g/mol. The zero-order chi connectivity index (χ0) is 13.1. The van der Waals surface area contributed by atoms with Crippen LogP contribution < -0.4 is 0 Å². The zero-order valence-electron chi connectivity index (χ0n) is 12.5. The van der Waals surface area contributed by atoms with E-state index < -0.39 is 0 Å². The van der Waals surface area contributed by atoms with E-state index in [4.69, 9.17) is 0 Å². The summed E-state index contributed by atoms with van der Waals surface area (Å²) in [5.74, 6) is 0. The summed E-state index contributed by atoms with van der Waals surface area (Å²) >= 11 is 0. The van der Waals surface area contributed by atoms with Crippen molar-refractivity contribution in [2.24, 2.45) is 5.41 Å². The number of hydrogen-bond donors (Lipinski definition) is 0. The van der Waals surface area contributed by atoms with Crippen molar-refractivity contribution in [1.29, 1.82) is 0 Å². The lowest BCUT2D eigenvalue weighted by Crippen LogP contribution is -1.95. The van der Waals surface area contributed by atoms with Gasteiger partial charge < -0.3 is 0 Å². The average molecular weight is 228 g/mol. The highest BCUT2D eigenvalue weighted by Gasteiger charge is 2.47. The minimum absolute atomic E-state index is 0.293. The van der Waals surface area contributed by atoms with Crippen LogP contribution in [-0.2, 0) is 0 Å². The first-order valence-electron chi connectivity index (χ1n) is 6.50. The molecule has 17 heavy (non-hydrogen) atoms. The maximum Gasteiger partial charge on any atom is 0.0158 e. The second kappa shape index (κ2) is 3.48. The van der Waals surface area contributed by atoms with Crippen molar-refractivity contribution >= 4 is 0 Å². The van der Waals surface area contributed by atoms with Crippen LogP contribution in [0, 0.1) is 5.41 Å². The third kappa shape index (κ3) is 1.50. The highest BCUT2D eigenvalue weighted by atomic mass is 14.5. The first kappa shape index (κ1) is 12.4.